The molecule has 0 aromatic heterocycles. The van der Waals surface area contributed by atoms with Crippen molar-refractivity contribution in [2.45, 2.75) is 18.9 Å². The summed E-state index contributed by atoms with van der Waals surface area (Å²) in [5, 5.41) is 5.90. The van der Waals surface area contributed by atoms with E-state index in [1.165, 1.54) is 12.1 Å². The average Bonchev–Trinajstić information content (AvgIpc) is 3.29. The van der Waals surface area contributed by atoms with Gasteiger partial charge in [0, 0.05) is 18.2 Å². The molecule has 0 bridgehead atoms. The molecule has 2 rings (SSSR count). The highest BCUT2D eigenvalue weighted by atomic mass is 35.5. The number of hydrogen-bond acceptors (Lipinski definition) is 3. The Hall–Kier alpha value is -1.30. The first kappa shape index (κ1) is 16.1. The van der Waals surface area contributed by atoms with Gasteiger partial charge in [0.05, 0.1) is 16.6 Å². The maximum atomic E-state index is 11.9. The molecule has 1 saturated carbocycles. The van der Waals surface area contributed by atoms with Gasteiger partial charge in [-0.1, -0.05) is 23.2 Å². The van der Waals surface area contributed by atoms with Crippen molar-refractivity contribution in [2.24, 2.45) is 11.7 Å². The maximum Gasteiger partial charge on any atom is 0.251 e. The number of rotatable bonds is 6. The molecule has 1 aromatic carbocycles. The van der Waals surface area contributed by atoms with Crippen LogP contribution in [0.3, 0.4) is 0 Å². The Morgan fingerprint density at radius 2 is 1.95 bits per heavy atom. The molecule has 0 saturated heterocycles. The standard InChI is InChI=1S/C14H17Cl2N3O2/c15-10-4-3-9(5-11(10)16)14(21)19-7-13(20)18-6-12(17)8-1-2-8/h3-5,8,12H,1-2,6-7,17H2,(H,18,20)(H,19,21). The van der Waals surface area contributed by atoms with Crippen molar-refractivity contribution in [3.05, 3.63) is 33.8 Å². The first-order valence-corrected chi connectivity index (χ1v) is 7.48. The molecule has 1 aliphatic carbocycles. The Labute approximate surface area is 133 Å². The topological polar surface area (TPSA) is 84.2 Å². The summed E-state index contributed by atoms with van der Waals surface area (Å²) < 4.78 is 0. The second-order valence-electron chi connectivity index (χ2n) is 5.12. The van der Waals surface area contributed by atoms with Gasteiger partial charge in [0.2, 0.25) is 5.91 Å². The predicted octanol–water partition coefficient (Wildman–Crippen LogP) is 1.58. The van der Waals surface area contributed by atoms with Gasteiger partial charge in [-0.15, -0.1) is 0 Å². The molecule has 1 aliphatic rings. The van der Waals surface area contributed by atoms with Gasteiger partial charge >= 0.3 is 0 Å². The van der Waals surface area contributed by atoms with Gasteiger partial charge in [0.1, 0.15) is 0 Å². The lowest BCUT2D eigenvalue weighted by molar-refractivity contribution is -0.120. The highest BCUT2D eigenvalue weighted by molar-refractivity contribution is 6.42. The minimum Gasteiger partial charge on any atom is -0.353 e. The van der Waals surface area contributed by atoms with Gasteiger partial charge in [-0.2, -0.15) is 0 Å². The minimum atomic E-state index is -0.379. The Bertz CT molecular complexity index is 547. The first-order chi connectivity index (χ1) is 9.97. The molecule has 1 fully saturated rings. The third-order valence-corrected chi connectivity index (χ3v) is 4.09. The quantitative estimate of drug-likeness (QED) is 0.740. The number of halogens is 2. The summed E-state index contributed by atoms with van der Waals surface area (Å²) in [7, 11) is 0. The number of carbonyl (C=O) groups is 2. The summed E-state index contributed by atoms with van der Waals surface area (Å²) in [6.45, 7) is 0.336. The molecule has 114 valence electrons. The average molecular weight is 330 g/mol. The lowest BCUT2D eigenvalue weighted by Crippen LogP contribution is -2.43. The van der Waals surface area contributed by atoms with Crippen LogP contribution in [0.4, 0.5) is 0 Å². The molecule has 1 unspecified atom stereocenters. The second-order valence-corrected chi connectivity index (χ2v) is 5.93. The van der Waals surface area contributed by atoms with Crippen LogP contribution in [0.1, 0.15) is 23.2 Å². The Morgan fingerprint density at radius 1 is 1.24 bits per heavy atom. The molecule has 1 aromatic rings. The van der Waals surface area contributed by atoms with Gasteiger partial charge in [-0.05, 0) is 37.0 Å². The van der Waals surface area contributed by atoms with E-state index >= 15 is 0 Å². The summed E-state index contributed by atoms with van der Waals surface area (Å²) >= 11 is 11.6. The van der Waals surface area contributed by atoms with Crippen LogP contribution >= 0.6 is 23.2 Å². The Kier molecular flexibility index (Phi) is 5.45. The molecule has 0 spiro atoms. The highest BCUT2D eigenvalue weighted by Crippen LogP contribution is 2.31. The summed E-state index contributed by atoms with van der Waals surface area (Å²) in [4.78, 5) is 23.5. The van der Waals surface area contributed by atoms with E-state index in [-0.39, 0.29) is 24.4 Å². The van der Waals surface area contributed by atoms with Crippen LogP contribution in [0.25, 0.3) is 0 Å². The predicted molar refractivity (Wildman–Crippen MR) is 82.5 cm³/mol. The molecular formula is C14H17Cl2N3O2. The molecular weight excluding hydrogens is 313 g/mol. The van der Waals surface area contributed by atoms with E-state index in [0.29, 0.717) is 28.1 Å². The van der Waals surface area contributed by atoms with E-state index in [4.69, 9.17) is 28.9 Å². The van der Waals surface area contributed by atoms with Crippen LogP contribution in [0.2, 0.25) is 10.0 Å². The first-order valence-electron chi connectivity index (χ1n) is 6.73. The molecule has 2 amide bonds. The number of benzene rings is 1. The van der Waals surface area contributed by atoms with E-state index in [9.17, 15) is 9.59 Å². The monoisotopic (exact) mass is 329 g/mol. The zero-order valence-electron chi connectivity index (χ0n) is 11.4. The number of hydrogen-bond donors (Lipinski definition) is 3. The Balaban J connectivity index is 1.74. The molecule has 0 heterocycles. The van der Waals surface area contributed by atoms with Crippen molar-refractivity contribution in [1.29, 1.82) is 0 Å². The molecule has 0 aliphatic heterocycles. The van der Waals surface area contributed by atoms with Crippen molar-refractivity contribution < 1.29 is 9.59 Å². The van der Waals surface area contributed by atoms with E-state index in [2.05, 4.69) is 10.6 Å². The zero-order valence-corrected chi connectivity index (χ0v) is 12.9. The molecule has 0 radical (unpaired) electrons. The SMILES string of the molecule is NC(CNC(=O)CNC(=O)c1ccc(Cl)c(Cl)c1)C1CC1. The van der Waals surface area contributed by atoms with E-state index in [1.807, 2.05) is 0 Å². The van der Waals surface area contributed by atoms with Crippen molar-refractivity contribution in [2.75, 3.05) is 13.1 Å². The molecule has 4 N–H and O–H groups in total. The second kappa shape index (κ2) is 7.11. The zero-order chi connectivity index (χ0) is 15.4. The number of amides is 2. The lowest BCUT2D eigenvalue weighted by atomic mass is 10.2. The van der Waals surface area contributed by atoms with Crippen molar-refractivity contribution >= 4 is 35.0 Å². The van der Waals surface area contributed by atoms with Crippen LogP contribution in [0.5, 0.6) is 0 Å². The Morgan fingerprint density at radius 3 is 2.57 bits per heavy atom. The van der Waals surface area contributed by atoms with Crippen LogP contribution in [-0.4, -0.2) is 30.9 Å². The molecule has 5 nitrogen and oxygen atoms in total. The summed E-state index contributed by atoms with van der Waals surface area (Å²) in [5.41, 5.74) is 6.23. The smallest absolute Gasteiger partial charge is 0.251 e. The minimum absolute atomic E-state index is 0.000256. The molecule has 7 heteroatoms. The normalized spacial score (nSPS) is 15.4. The van der Waals surface area contributed by atoms with Crippen molar-refractivity contribution in [1.82, 2.24) is 10.6 Å². The third kappa shape index (κ3) is 4.88. The third-order valence-electron chi connectivity index (χ3n) is 3.35. The number of nitrogens with one attached hydrogen (secondary N) is 2. The van der Waals surface area contributed by atoms with Crippen molar-refractivity contribution in [3.63, 3.8) is 0 Å². The van der Waals surface area contributed by atoms with Gasteiger partial charge in [-0.3, -0.25) is 9.59 Å². The van der Waals surface area contributed by atoms with Crippen LogP contribution < -0.4 is 16.4 Å². The van der Waals surface area contributed by atoms with E-state index in [0.717, 1.165) is 12.8 Å². The largest absolute Gasteiger partial charge is 0.353 e. The summed E-state index contributed by atoms with van der Waals surface area (Å²) in [6, 6.07) is 4.54. The number of carbonyl (C=O) groups excluding carboxylic acids is 2. The maximum absolute atomic E-state index is 11.9. The van der Waals surface area contributed by atoms with E-state index < -0.39 is 0 Å². The van der Waals surface area contributed by atoms with Crippen molar-refractivity contribution in [3.8, 4) is 0 Å². The van der Waals surface area contributed by atoms with Gasteiger partial charge < -0.3 is 16.4 Å². The van der Waals surface area contributed by atoms with Crippen LogP contribution in [-0.2, 0) is 4.79 Å². The van der Waals surface area contributed by atoms with Crippen LogP contribution in [0, 0.1) is 5.92 Å². The molecule has 21 heavy (non-hydrogen) atoms. The summed E-state index contributed by atoms with van der Waals surface area (Å²) in [5.74, 6) is -0.120. The van der Waals surface area contributed by atoms with E-state index in [1.54, 1.807) is 6.07 Å². The lowest BCUT2D eigenvalue weighted by Gasteiger charge is -2.12. The van der Waals surface area contributed by atoms with Crippen LogP contribution in [0.15, 0.2) is 18.2 Å². The number of nitrogens with two attached hydrogens (primary N) is 1. The van der Waals surface area contributed by atoms with Gasteiger partial charge in [0.25, 0.3) is 5.91 Å². The molecule has 1 atom stereocenters. The highest BCUT2D eigenvalue weighted by Gasteiger charge is 2.28. The fourth-order valence-corrected chi connectivity index (χ4v) is 2.18. The summed E-state index contributed by atoms with van der Waals surface area (Å²) in [6.07, 6.45) is 2.26. The fourth-order valence-electron chi connectivity index (χ4n) is 1.89. The fraction of sp³-hybridized carbons (Fsp3) is 0.429. The van der Waals surface area contributed by atoms with Gasteiger partial charge in [0.15, 0.2) is 0 Å². The van der Waals surface area contributed by atoms with Gasteiger partial charge in [-0.25, -0.2) is 0 Å².